The zero-order valence-electron chi connectivity index (χ0n) is 13.1. The van der Waals surface area contributed by atoms with Gasteiger partial charge in [0.15, 0.2) is 0 Å². The summed E-state index contributed by atoms with van der Waals surface area (Å²) in [7, 11) is -2.24. The van der Waals surface area contributed by atoms with Gasteiger partial charge in [-0.1, -0.05) is 11.6 Å². The van der Waals surface area contributed by atoms with Gasteiger partial charge >= 0.3 is 0 Å². The molecule has 1 aliphatic rings. The molecule has 0 amide bonds. The van der Waals surface area contributed by atoms with E-state index in [0.29, 0.717) is 12.2 Å². The highest BCUT2D eigenvalue weighted by molar-refractivity contribution is 7.89. The average molecular weight is 359 g/mol. The Balaban J connectivity index is 2.36. The summed E-state index contributed by atoms with van der Waals surface area (Å²) in [5.41, 5.74) is 0.788. The Morgan fingerprint density at radius 1 is 1.48 bits per heavy atom. The molecule has 2 rings (SSSR count). The van der Waals surface area contributed by atoms with Gasteiger partial charge in [0.05, 0.1) is 22.6 Å². The molecule has 0 spiro atoms. The lowest BCUT2D eigenvalue weighted by Gasteiger charge is -2.21. The lowest BCUT2D eigenvalue weighted by molar-refractivity contribution is 0.179. The maximum Gasteiger partial charge on any atom is 0.243 e. The molecule has 1 aromatic rings. The van der Waals surface area contributed by atoms with E-state index in [4.69, 9.17) is 26.3 Å². The molecular formula is C15H19ClN2O4S. The molecular weight excluding hydrogens is 340 g/mol. The van der Waals surface area contributed by atoms with Crippen LogP contribution in [0.4, 0.5) is 0 Å². The smallest absolute Gasteiger partial charge is 0.243 e. The predicted octanol–water partition coefficient (Wildman–Crippen LogP) is 2.21. The fourth-order valence-electron chi connectivity index (χ4n) is 2.48. The number of sulfonamides is 1. The Morgan fingerprint density at radius 3 is 2.87 bits per heavy atom. The van der Waals surface area contributed by atoms with Crippen molar-refractivity contribution in [2.75, 3.05) is 26.8 Å². The number of halogens is 1. The van der Waals surface area contributed by atoms with Crippen LogP contribution >= 0.6 is 11.6 Å². The summed E-state index contributed by atoms with van der Waals surface area (Å²) in [6.07, 6.45) is 0.708. The van der Waals surface area contributed by atoms with Crippen LogP contribution in [0.25, 0.3) is 0 Å². The number of methoxy groups -OCH3 is 1. The molecule has 1 unspecified atom stereocenters. The molecule has 1 aromatic carbocycles. The van der Waals surface area contributed by atoms with Gasteiger partial charge in [-0.2, -0.15) is 9.57 Å². The van der Waals surface area contributed by atoms with E-state index in [1.807, 2.05) is 13.0 Å². The first-order valence-corrected chi connectivity index (χ1v) is 9.07. The highest BCUT2D eigenvalue weighted by Gasteiger charge is 2.29. The van der Waals surface area contributed by atoms with E-state index in [9.17, 15) is 8.42 Å². The second-order valence-corrected chi connectivity index (χ2v) is 7.68. The number of ether oxygens (including phenoxy) is 2. The van der Waals surface area contributed by atoms with Crippen LogP contribution in [0.2, 0.25) is 5.02 Å². The predicted molar refractivity (Wildman–Crippen MR) is 86.1 cm³/mol. The van der Waals surface area contributed by atoms with Gasteiger partial charge in [0, 0.05) is 38.6 Å². The van der Waals surface area contributed by atoms with Crippen molar-refractivity contribution in [3.05, 3.63) is 22.7 Å². The fourth-order valence-corrected chi connectivity index (χ4v) is 4.33. The van der Waals surface area contributed by atoms with Gasteiger partial charge in [0.1, 0.15) is 11.9 Å². The van der Waals surface area contributed by atoms with E-state index in [-0.39, 0.29) is 42.1 Å². The number of nitriles is 1. The monoisotopic (exact) mass is 358 g/mol. The number of hydrogen-bond donors (Lipinski definition) is 0. The standard InChI is InChI=1S/C15H19ClN2O4S/c1-11-8-12-9-13(10-14(16)15(12)22-11)23(19,20)18(5-3-4-17)6-7-21-2/h9-11H,3,5-8H2,1-2H3. The zero-order chi connectivity index (χ0) is 17.0. The summed E-state index contributed by atoms with van der Waals surface area (Å²) in [6, 6.07) is 4.97. The Labute approximate surface area is 141 Å². The summed E-state index contributed by atoms with van der Waals surface area (Å²) in [5, 5.41) is 9.03. The van der Waals surface area contributed by atoms with Crippen molar-refractivity contribution in [2.45, 2.75) is 30.8 Å². The first-order chi connectivity index (χ1) is 10.9. The minimum atomic E-state index is -3.74. The van der Waals surface area contributed by atoms with Crippen molar-refractivity contribution in [3.63, 3.8) is 0 Å². The Morgan fingerprint density at radius 2 is 2.22 bits per heavy atom. The van der Waals surface area contributed by atoms with Crippen molar-refractivity contribution >= 4 is 21.6 Å². The largest absolute Gasteiger partial charge is 0.489 e. The lowest BCUT2D eigenvalue weighted by Crippen LogP contribution is -2.34. The van der Waals surface area contributed by atoms with Crippen LogP contribution in [0.5, 0.6) is 5.75 Å². The number of benzene rings is 1. The van der Waals surface area contributed by atoms with E-state index >= 15 is 0 Å². The molecule has 23 heavy (non-hydrogen) atoms. The summed E-state index contributed by atoms with van der Waals surface area (Å²) in [6.45, 7) is 2.46. The Bertz CT molecular complexity index is 715. The normalized spacial score (nSPS) is 16.9. The molecule has 0 saturated carbocycles. The molecule has 0 N–H and O–H groups in total. The molecule has 1 heterocycles. The molecule has 6 nitrogen and oxygen atoms in total. The molecule has 1 atom stereocenters. The first kappa shape index (κ1) is 18.0. The van der Waals surface area contributed by atoms with Gasteiger partial charge in [-0.25, -0.2) is 8.42 Å². The molecule has 0 fully saturated rings. The van der Waals surface area contributed by atoms with Gasteiger partial charge in [-0.05, 0) is 19.1 Å². The van der Waals surface area contributed by atoms with Gasteiger partial charge in [-0.15, -0.1) is 0 Å². The van der Waals surface area contributed by atoms with Crippen LogP contribution in [-0.2, 0) is 21.2 Å². The molecule has 1 aliphatic heterocycles. The minimum absolute atomic E-state index is 0.0244. The maximum absolute atomic E-state index is 12.8. The van der Waals surface area contributed by atoms with Crippen molar-refractivity contribution in [1.82, 2.24) is 4.31 Å². The quantitative estimate of drug-likeness (QED) is 0.746. The summed E-state index contributed by atoms with van der Waals surface area (Å²) < 4.78 is 37.5. The number of hydrogen-bond acceptors (Lipinski definition) is 5. The molecule has 0 bridgehead atoms. The zero-order valence-corrected chi connectivity index (χ0v) is 14.7. The SMILES string of the molecule is COCCN(CCC#N)S(=O)(=O)c1cc(Cl)c2c(c1)CC(C)O2. The molecule has 0 aliphatic carbocycles. The first-order valence-electron chi connectivity index (χ1n) is 7.25. The van der Waals surface area contributed by atoms with Gasteiger partial charge < -0.3 is 9.47 Å². The van der Waals surface area contributed by atoms with Crippen LogP contribution in [0.3, 0.4) is 0 Å². The van der Waals surface area contributed by atoms with Gasteiger partial charge in [0.2, 0.25) is 10.0 Å². The van der Waals surface area contributed by atoms with E-state index < -0.39 is 10.0 Å². The topological polar surface area (TPSA) is 79.6 Å². The molecule has 0 aromatic heterocycles. The average Bonchev–Trinajstić information content (AvgIpc) is 2.88. The minimum Gasteiger partial charge on any atom is -0.489 e. The maximum atomic E-state index is 12.8. The lowest BCUT2D eigenvalue weighted by atomic mass is 10.1. The van der Waals surface area contributed by atoms with E-state index in [2.05, 4.69) is 0 Å². The van der Waals surface area contributed by atoms with Crippen LogP contribution in [0.1, 0.15) is 18.9 Å². The second-order valence-electron chi connectivity index (χ2n) is 5.33. The van der Waals surface area contributed by atoms with Crippen LogP contribution in [-0.4, -0.2) is 45.6 Å². The Hall–Kier alpha value is -1.33. The number of nitrogens with zero attached hydrogens (tertiary/aromatic N) is 2. The van der Waals surface area contributed by atoms with E-state index in [1.54, 1.807) is 6.07 Å². The van der Waals surface area contributed by atoms with Crippen LogP contribution in [0, 0.1) is 11.3 Å². The third kappa shape index (κ3) is 3.96. The third-order valence-electron chi connectivity index (χ3n) is 3.58. The van der Waals surface area contributed by atoms with E-state index in [0.717, 1.165) is 5.56 Å². The van der Waals surface area contributed by atoms with Gasteiger partial charge in [0.25, 0.3) is 0 Å². The number of fused-ring (bicyclic) bond motifs is 1. The van der Waals surface area contributed by atoms with Crippen molar-refractivity contribution < 1.29 is 17.9 Å². The molecule has 0 saturated heterocycles. The second kappa shape index (κ2) is 7.49. The summed E-state index contributed by atoms with van der Waals surface area (Å²) in [5.74, 6) is 0.554. The number of rotatable bonds is 7. The van der Waals surface area contributed by atoms with Crippen molar-refractivity contribution in [3.8, 4) is 11.8 Å². The summed E-state index contributed by atoms with van der Waals surface area (Å²) >= 11 is 6.17. The fraction of sp³-hybridized carbons (Fsp3) is 0.533. The highest BCUT2D eigenvalue weighted by Crippen LogP contribution is 2.38. The third-order valence-corrected chi connectivity index (χ3v) is 5.73. The summed E-state index contributed by atoms with van der Waals surface area (Å²) in [4.78, 5) is 0.119. The van der Waals surface area contributed by atoms with Crippen molar-refractivity contribution in [2.24, 2.45) is 0 Å². The van der Waals surface area contributed by atoms with Crippen LogP contribution < -0.4 is 4.74 Å². The molecule has 126 valence electrons. The Kier molecular flexibility index (Phi) is 5.87. The van der Waals surface area contributed by atoms with E-state index in [1.165, 1.54) is 17.5 Å². The molecule has 0 radical (unpaired) electrons. The highest BCUT2D eigenvalue weighted by atomic mass is 35.5. The van der Waals surface area contributed by atoms with Crippen LogP contribution in [0.15, 0.2) is 17.0 Å². The van der Waals surface area contributed by atoms with Crippen molar-refractivity contribution in [1.29, 1.82) is 5.26 Å². The molecule has 8 heteroatoms. The van der Waals surface area contributed by atoms with Gasteiger partial charge in [-0.3, -0.25) is 0 Å².